The highest BCUT2D eigenvalue weighted by molar-refractivity contribution is 7.07. The van der Waals surface area contributed by atoms with E-state index < -0.39 is 11.8 Å². The Labute approximate surface area is 185 Å². The third kappa shape index (κ3) is 7.11. The van der Waals surface area contributed by atoms with Crippen LogP contribution in [-0.4, -0.2) is 23.4 Å². The summed E-state index contributed by atoms with van der Waals surface area (Å²) in [6.07, 6.45) is 0.965. The Kier molecular flexibility index (Phi) is 8.00. The molecule has 0 saturated heterocycles. The normalized spacial score (nSPS) is 10.5. The molecule has 0 aliphatic carbocycles. The number of thiazole rings is 1. The SMILES string of the molecule is CC(C)CCOc1ccc(C(=O)NNC(=O)c2ccc(OCc3cscn3)cc2)cc1. The molecule has 0 bridgehead atoms. The van der Waals surface area contributed by atoms with Crippen molar-refractivity contribution in [3.8, 4) is 11.5 Å². The molecule has 0 atom stereocenters. The van der Waals surface area contributed by atoms with Crippen molar-refractivity contribution in [2.75, 3.05) is 6.61 Å². The van der Waals surface area contributed by atoms with E-state index in [0.717, 1.165) is 12.1 Å². The van der Waals surface area contributed by atoms with Gasteiger partial charge in [0.25, 0.3) is 11.8 Å². The number of amides is 2. The second kappa shape index (κ2) is 11.1. The third-order valence-electron chi connectivity index (χ3n) is 4.36. The number of hydrogen-bond donors (Lipinski definition) is 2. The quantitative estimate of drug-likeness (QED) is 0.487. The lowest BCUT2D eigenvalue weighted by molar-refractivity contribution is 0.0846. The van der Waals surface area contributed by atoms with Gasteiger partial charge in [0.2, 0.25) is 0 Å². The first-order chi connectivity index (χ1) is 15.0. The van der Waals surface area contributed by atoms with Crippen molar-refractivity contribution >= 4 is 23.2 Å². The third-order valence-corrected chi connectivity index (χ3v) is 4.99. The summed E-state index contributed by atoms with van der Waals surface area (Å²) in [4.78, 5) is 28.7. The van der Waals surface area contributed by atoms with E-state index in [2.05, 4.69) is 29.7 Å². The van der Waals surface area contributed by atoms with E-state index in [0.29, 0.717) is 41.8 Å². The van der Waals surface area contributed by atoms with E-state index in [1.54, 1.807) is 54.0 Å². The van der Waals surface area contributed by atoms with Crippen molar-refractivity contribution in [2.24, 2.45) is 5.92 Å². The summed E-state index contributed by atoms with van der Waals surface area (Å²) < 4.78 is 11.3. The van der Waals surface area contributed by atoms with Gasteiger partial charge in [-0.15, -0.1) is 11.3 Å². The summed E-state index contributed by atoms with van der Waals surface area (Å²) in [5.41, 5.74) is 8.24. The number of aromatic nitrogens is 1. The summed E-state index contributed by atoms with van der Waals surface area (Å²) in [5.74, 6) is 1.07. The van der Waals surface area contributed by atoms with E-state index in [4.69, 9.17) is 9.47 Å². The molecule has 0 unspecified atom stereocenters. The molecule has 0 aliphatic rings. The van der Waals surface area contributed by atoms with E-state index >= 15 is 0 Å². The molecule has 2 amide bonds. The van der Waals surface area contributed by atoms with Gasteiger partial charge in [-0.1, -0.05) is 13.8 Å². The lowest BCUT2D eigenvalue weighted by atomic mass is 10.1. The average Bonchev–Trinajstić information content (AvgIpc) is 3.30. The molecule has 0 fully saturated rings. The van der Waals surface area contributed by atoms with Crippen molar-refractivity contribution < 1.29 is 19.1 Å². The van der Waals surface area contributed by atoms with E-state index in [1.807, 2.05) is 5.38 Å². The zero-order chi connectivity index (χ0) is 22.1. The van der Waals surface area contributed by atoms with Gasteiger partial charge in [0.1, 0.15) is 18.1 Å². The maximum absolute atomic E-state index is 12.3. The fourth-order valence-corrected chi connectivity index (χ4v) is 3.08. The predicted molar refractivity (Wildman–Crippen MR) is 119 cm³/mol. The van der Waals surface area contributed by atoms with E-state index in [-0.39, 0.29) is 0 Å². The second-order valence-electron chi connectivity index (χ2n) is 7.26. The van der Waals surface area contributed by atoms with Crippen LogP contribution in [0.3, 0.4) is 0 Å². The van der Waals surface area contributed by atoms with Gasteiger partial charge in [-0.2, -0.15) is 0 Å². The van der Waals surface area contributed by atoms with E-state index in [1.165, 1.54) is 11.3 Å². The summed E-state index contributed by atoms with van der Waals surface area (Å²) >= 11 is 1.51. The molecule has 0 spiro atoms. The Bertz CT molecular complexity index is 971. The highest BCUT2D eigenvalue weighted by Crippen LogP contribution is 2.15. The molecule has 7 nitrogen and oxygen atoms in total. The van der Waals surface area contributed by atoms with Crippen LogP contribution in [-0.2, 0) is 6.61 Å². The monoisotopic (exact) mass is 439 g/mol. The van der Waals surface area contributed by atoms with Crippen LogP contribution in [0, 0.1) is 5.92 Å². The zero-order valence-corrected chi connectivity index (χ0v) is 18.3. The highest BCUT2D eigenvalue weighted by Gasteiger charge is 2.10. The molecular formula is C23H25N3O4S. The van der Waals surface area contributed by atoms with Crippen molar-refractivity contribution in [3.05, 3.63) is 76.2 Å². The molecule has 0 radical (unpaired) electrons. The second-order valence-corrected chi connectivity index (χ2v) is 7.98. The summed E-state index contributed by atoms with van der Waals surface area (Å²) in [5, 5.41) is 1.91. The van der Waals surface area contributed by atoms with Gasteiger partial charge in [-0.25, -0.2) is 4.98 Å². The van der Waals surface area contributed by atoms with Gasteiger partial charge in [-0.05, 0) is 60.9 Å². The summed E-state index contributed by atoms with van der Waals surface area (Å²) in [7, 11) is 0. The number of benzene rings is 2. The van der Waals surface area contributed by atoms with Gasteiger partial charge in [-0.3, -0.25) is 20.4 Å². The maximum Gasteiger partial charge on any atom is 0.269 e. The first-order valence-corrected chi connectivity index (χ1v) is 10.9. The van der Waals surface area contributed by atoms with Crippen LogP contribution >= 0.6 is 11.3 Å². The molecule has 2 aromatic carbocycles. The molecule has 8 heteroatoms. The van der Waals surface area contributed by atoms with E-state index in [9.17, 15) is 9.59 Å². The van der Waals surface area contributed by atoms with Crippen LogP contribution < -0.4 is 20.3 Å². The van der Waals surface area contributed by atoms with Gasteiger partial charge < -0.3 is 9.47 Å². The fraction of sp³-hybridized carbons (Fsp3) is 0.261. The maximum atomic E-state index is 12.3. The topological polar surface area (TPSA) is 89.6 Å². The minimum atomic E-state index is -0.423. The standard InChI is InChI=1S/C23H25N3O4S/c1-16(2)11-12-29-20-7-3-17(4-8-20)22(27)25-26-23(28)18-5-9-21(10-6-18)30-13-19-14-31-15-24-19/h3-10,14-16H,11-13H2,1-2H3,(H,25,27)(H,26,28). The number of carbonyl (C=O) groups excluding carboxylic acids is 2. The first-order valence-electron chi connectivity index (χ1n) is 9.94. The van der Waals surface area contributed by atoms with Crippen molar-refractivity contribution in [3.63, 3.8) is 0 Å². The Morgan fingerprint density at radius 3 is 1.94 bits per heavy atom. The molecule has 0 saturated carbocycles. The number of carbonyl (C=O) groups is 2. The largest absolute Gasteiger partial charge is 0.494 e. The van der Waals surface area contributed by atoms with Crippen molar-refractivity contribution in [1.29, 1.82) is 0 Å². The number of hydrogen-bond acceptors (Lipinski definition) is 6. The molecule has 1 aromatic heterocycles. The number of rotatable bonds is 9. The predicted octanol–water partition coefficient (Wildman–Crippen LogP) is 4.22. The molecular weight excluding hydrogens is 414 g/mol. The van der Waals surface area contributed by atoms with Gasteiger partial charge in [0.15, 0.2) is 0 Å². The Balaban J connectivity index is 1.44. The summed E-state index contributed by atoms with van der Waals surface area (Å²) in [6, 6.07) is 13.4. The van der Waals surface area contributed by atoms with Gasteiger partial charge in [0, 0.05) is 16.5 Å². The molecule has 2 N–H and O–H groups in total. The van der Waals surface area contributed by atoms with Crippen LogP contribution in [0.5, 0.6) is 11.5 Å². The Hall–Kier alpha value is -3.39. The van der Waals surface area contributed by atoms with Gasteiger partial charge >= 0.3 is 0 Å². The van der Waals surface area contributed by atoms with Crippen LogP contribution in [0.4, 0.5) is 0 Å². The Morgan fingerprint density at radius 2 is 1.45 bits per heavy atom. The highest BCUT2D eigenvalue weighted by atomic mass is 32.1. The van der Waals surface area contributed by atoms with Crippen LogP contribution in [0.25, 0.3) is 0 Å². The Morgan fingerprint density at radius 1 is 0.903 bits per heavy atom. The number of ether oxygens (including phenoxy) is 2. The van der Waals surface area contributed by atoms with Crippen molar-refractivity contribution in [1.82, 2.24) is 15.8 Å². The van der Waals surface area contributed by atoms with Crippen LogP contribution in [0.1, 0.15) is 46.7 Å². The zero-order valence-electron chi connectivity index (χ0n) is 17.5. The number of nitrogens with zero attached hydrogens (tertiary/aromatic N) is 1. The fourth-order valence-electron chi connectivity index (χ4n) is 2.54. The molecule has 31 heavy (non-hydrogen) atoms. The molecule has 3 aromatic rings. The number of nitrogens with one attached hydrogen (secondary N) is 2. The van der Waals surface area contributed by atoms with Crippen LogP contribution in [0.15, 0.2) is 59.4 Å². The average molecular weight is 440 g/mol. The lowest BCUT2D eigenvalue weighted by Gasteiger charge is -2.10. The molecule has 162 valence electrons. The number of hydrazine groups is 1. The molecule has 0 aliphatic heterocycles. The smallest absolute Gasteiger partial charge is 0.269 e. The van der Waals surface area contributed by atoms with Crippen molar-refractivity contribution in [2.45, 2.75) is 26.9 Å². The summed E-state index contributed by atoms with van der Waals surface area (Å²) in [6.45, 7) is 5.27. The van der Waals surface area contributed by atoms with Crippen LogP contribution in [0.2, 0.25) is 0 Å². The minimum absolute atomic E-state index is 0.368. The lowest BCUT2D eigenvalue weighted by Crippen LogP contribution is -2.41. The molecule has 3 rings (SSSR count). The first kappa shape index (κ1) is 22.3. The van der Waals surface area contributed by atoms with Gasteiger partial charge in [0.05, 0.1) is 17.8 Å². The minimum Gasteiger partial charge on any atom is -0.494 e. The molecule has 1 heterocycles.